The number of rotatable bonds is 7. The highest BCUT2D eigenvalue weighted by Gasteiger charge is 2.53. The van der Waals surface area contributed by atoms with E-state index in [4.69, 9.17) is 18.9 Å². The van der Waals surface area contributed by atoms with E-state index in [2.05, 4.69) is 0 Å². The molecule has 7 rings (SSSR count). The van der Waals surface area contributed by atoms with E-state index in [1.807, 2.05) is 6.07 Å². The van der Waals surface area contributed by atoms with Crippen molar-refractivity contribution in [1.82, 2.24) is 4.90 Å². The van der Waals surface area contributed by atoms with Gasteiger partial charge < -0.3 is 18.9 Å². The molecule has 3 aromatic rings. The molecule has 0 aromatic heterocycles. The molecule has 0 fully saturated rings. The van der Waals surface area contributed by atoms with Gasteiger partial charge in [-0.2, -0.15) is 0 Å². The second-order valence-electron chi connectivity index (χ2n) is 10.8. The molecule has 212 valence electrons. The maximum absolute atomic E-state index is 13.8. The lowest BCUT2D eigenvalue weighted by atomic mass is 9.78. The molecule has 42 heavy (non-hydrogen) atoms. The van der Waals surface area contributed by atoms with Crippen molar-refractivity contribution >= 4 is 23.4 Å². The van der Waals surface area contributed by atoms with Crippen LogP contribution in [0.4, 0.5) is 0 Å². The zero-order chi connectivity index (χ0) is 29.2. The second-order valence-corrected chi connectivity index (χ2v) is 10.8. The van der Waals surface area contributed by atoms with Crippen LogP contribution in [0.25, 0.3) is 0 Å². The van der Waals surface area contributed by atoms with Crippen LogP contribution < -0.4 is 9.47 Å². The molecule has 3 heterocycles. The maximum Gasteiger partial charge on any atom is 0.261 e. The first kappa shape index (κ1) is 26.2. The quantitative estimate of drug-likeness (QED) is 0.296. The molecule has 3 aliphatic heterocycles. The predicted octanol–water partition coefficient (Wildman–Crippen LogP) is 4.84. The summed E-state index contributed by atoms with van der Waals surface area (Å²) in [6.45, 7) is 0.242. The van der Waals surface area contributed by atoms with Crippen molar-refractivity contribution in [2.24, 2.45) is 0 Å². The van der Waals surface area contributed by atoms with Crippen molar-refractivity contribution in [1.29, 1.82) is 0 Å². The summed E-state index contributed by atoms with van der Waals surface area (Å²) in [5.74, 6) is -1.48. The minimum Gasteiger partial charge on any atom is -0.493 e. The third kappa shape index (κ3) is 3.80. The van der Waals surface area contributed by atoms with E-state index < -0.39 is 11.9 Å². The van der Waals surface area contributed by atoms with Gasteiger partial charge in [0.2, 0.25) is 11.6 Å². The second kappa shape index (κ2) is 9.66. The summed E-state index contributed by atoms with van der Waals surface area (Å²) in [5.41, 5.74) is 3.19. The van der Waals surface area contributed by atoms with Gasteiger partial charge in [0, 0.05) is 30.5 Å². The lowest BCUT2D eigenvalue weighted by Crippen LogP contribution is -2.49. The van der Waals surface area contributed by atoms with E-state index in [1.54, 1.807) is 61.7 Å². The number of ketones is 2. The fourth-order valence-electron chi connectivity index (χ4n) is 6.42. The summed E-state index contributed by atoms with van der Waals surface area (Å²) in [6, 6.07) is 17.2. The number of benzene rings is 3. The fraction of sp³-hybridized carbons (Fsp3) is 0.273. The molecule has 2 amide bonds. The Kier molecular flexibility index (Phi) is 6.02. The van der Waals surface area contributed by atoms with Gasteiger partial charge in [-0.15, -0.1) is 0 Å². The highest BCUT2D eigenvalue weighted by Crippen LogP contribution is 2.52. The van der Waals surface area contributed by atoms with Crippen LogP contribution in [-0.2, 0) is 15.9 Å². The Morgan fingerprint density at radius 1 is 0.810 bits per heavy atom. The SMILES string of the molecule is COc1cc2c(cc1OC)C1O[C@](CCCCN3C(=O)c4ccccc4C3=O)(C2)OC2=C1C(=O)c1ccccc1C2=O. The lowest BCUT2D eigenvalue weighted by Gasteiger charge is -2.48. The third-order valence-corrected chi connectivity index (χ3v) is 8.45. The van der Waals surface area contributed by atoms with E-state index in [1.165, 1.54) is 12.0 Å². The fourth-order valence-corrected chi connectivity index (χ4v) is 6.42. The van der Waals surface area contributed by atoms with Gasteiger partial charge in [-0.05, 0) is 48.2 Å². The molecular formula is C33H27NO8. The normalized spacial score (nSPS) is 21.9. The van der Waals surface area contributed by atoms with Crippen molar-refractivity contribution in [3.63, 3.8) is 0 Å². The minimum atomic E-state index is -1.24. The number of nitrogens with zero attached hydrogens (tertiary/aromatic N) is 1. The van der Waals surface area contributed by atoms with Crippen molar-refractivity contribution in [3.8, 4) is 11.5 Å². The zero-order valence-corrected chi connectivity index (χ0v) is 23.1. The number of hydrogen-bond acceptors (Lipinski definition) is 8. The van der Waals surface area contributed by atoms with Crippen molar-refractivity contribution in [2.45, 2.75) is 37.6 Å². The number of hydrogen-bond donors (Lipinski definition) is 0. The number of amides is 2. The minimum absolute atomic E-state index is 0.00994. The standard InChI is InChI=1S/C33H27NO8/c1-39-24-15-18-17-33(13-7-8-14-34-31(37)21-11-5-6-12-22(21)32(34)38)41-29(23(18)16-25(24)40-2)26-27(35)19-9-3-4-10-20(19)28(36)30(26)42-33/h3-6,9-12,15-16,29H,7-8,13-14,17H2,1-2H3/t29?,33-/m0/s1. The first-order chi connectivity index (χ1) is 20.4. The first-order valence-corrected chi connectivity index (χ1v) is 13.9. The first-order valence-electron chi connectivity index (χ1n) is 13.9. The lowest BCUT2D eigenvalue weighted by molar-refractivity contribution is -0.258. The molecule has 3 aromatic carbocycles. The number of unbranched alkanes of at least 4 members (excludes halogenated alkanes) is 1. The topological polar surface area (TPSA) is 108 Å². The summed E-state index contributed by atoms with van der Waals surface area (Å²) in [6.07, 6.45) is 0.847. The number of ether oxygens (including phenoxy) is 4. The van der Waals surface area contributed by atoms with E-state index in [0.717, 1.165) is 5.56 Å². The van der Waals surface area contributed by atoms with Crippen LogP contribution in [0.1, 0.15) is 77.9 Å². The van der Waals surface area contributed by atoms with Crippen LogP contribution in [0.3, 0.4) is 0 Å². The van der Waals surface area contributed by atoms with Crippen LogP contribution in [0.15, 0.2) is 72.0 Å². The van der Waals surface area contributed by atoms with Gasteiger partial charge in [0.05, 0.1) is 30.9 Å². The molecule has 0 spiro atoms. The Morgan fingerprint density at radius 3 is 2.05 bits per heavy atom. The molecule has 0 N–H and O–H groups in total. The number of carbonyl (C=O) groups excluding carboxylic acids is 4. The highest BCUT2D eigenvalue weighted by molar-refractivity contribution is 6.26. The van der Waals surface area contributed by atoms with E-state index in [9.17, 15) is 19.2 Å². The molecular weight excluding hydrogens is 538 g/mol. The van der Waals surface area contributed by atoms with Crippen molar-refractivity contribution < 1.29 is 38.1 Å². The molecule has 0 saturated heterocycles. The molecule has 9 nitrogen and oxygen atoms in total. The molecule has 0 saturated carbocycles. The Hall–Kier alpha value is -4.76. The third-order valence-electron chi connectivity index (χ3n) is 8.45. The van der Waals surface area contributed by atoms with Crippen LogP contribution >= 0.6 is 0 Å². The Labute approximate surface area is 241 Å². The molecule has 1 aliphatic carbocycles. The largest absolute Gasteiger partial charge is 0.493 e. The Balaban J connectivity index is 1.20. The molecule has 1 unspecified atom stereocenters. The summed E-state index contributed by atoms with van der Waals surface area (Å²) in [5, 5.41) is 0. The molecule has 2 bridgehead atoms. The molecule has 0 radical (unpaired) electrons. The van der Waals surface area contributed by atoms with Gasteiger partial charge in [-0.3, -0.25) is 24.1 Å². The summed E-state index contributed by atoms with van der Waals surface area (Å²) < 4.78 is 24.1. The van der Waals surface area contributed by atoms with Gasteiger partial charge in [0.25, 0.3) is 11.8 Å². The Morgan fingerprint density at radius 2 is 1.40 bits per heavy atom. The van der Waals surface area contributed by atoms with Gasteiger partial charge in [-0.1, -0.05) is 36.4 Å². The van der Waals surface area contributed by atoms with Crippen LogP contribution in [-0.4, -0.2) is 54.8 Å². The monoisotopic (exact) mass is 565 g/mol. The van der Waals surface area contributed by atoms with E-state index >= 15 is 0 Å². The average molecular weight is 566 g/mol. The van der Waals surface area contributed by atoms with E-state index in [0.29, 0.717) is 65.0 Å². The maximum atomic E-state index is 13.8. The van der Waals surface area contributed by atoms with Crippen LogP contribution in [0.2, 0.25) is 0 Å². The van der Waals surface area contributed by atoms with Gasteiger partial charge in [0.15, 0.2) is 23.0 Å². The molecule has 2 atom stereocenters. The molecule has 9 heteroatoms. The van der Waals surface area contributed by atoms with Crippen molar-refractivity contribution in [2.75, 3.05) is 20.8 Å². The van der Waals surface area contributed by atoms with E-state index in [-0.39, 0.29) is 41.3 Å². The Bertz CT molecular complexity index is 1700. The zero-order valence-electron chi connectivity index (χ0n) is 23.1. The van der Waals surface area contributed by atoms with Gasteiger partial charge in [-0.25, -0.2) is 0 Å². The smallest absolute Gasteiger partial charge is 0.261 e. The summed E-state index contributed by atoms with van der Waals surface area (Å²) in [7, 11) is 3.09. The number of allylic oxidation sites excluding steroid dienone is 1. The van der Waals surface area contributed by atoms with Crippen molar-refractivity contribution in [3.05, 3.63) is 105 Å². The summed E-state index contributed by atoms with van der Waals surface area (Å²) in [4.78, 5) is 54.3. The number of methoxy groups -OCH3 is 2. The molecule has 4 aliphatic rings. The average Bonchev–Trinajstić information content (AvgIpc) is 3.26. The number of imide groups is 1. The highest BCUT2D eigenvalue weighted by atomic mass is 16.7. The van der Waals surface area contributed by atoms with Gasteiger partial charge in [0.1, 0.15) is 6.10 Å². The number of Topliss-reactive ketones (excluding diaryl/α,β-unsaturated/α-hetero) is 2. The number of fused-ring (bicyclic) bond motifs is 7. The number of carbonyl (C=O) groups is 4. The summed E-state index contributed by atoms with van der Waals surface area (Å²) >= 11 is 0. The van der Waals surface area contributed by atoms with Crippen LogP contribution in [0, 0.1) is 0 Å². The van der Waals surface area contributed by atoms with Crippen LogP contribution in [0.5, 0.6) is 11.5 Å². The van der Waals surface area contributed by atoms with Gasteiger partial charge >= 0.3 is 0 Å². The predicted molar refractivity (Wildman–Crippen MR) is 149 cm³/mol.